The Hall–Kier alpha value is -2.74. The fourth-order valence-corrected chi connectivity index (χ4v) is 4.04. The van der Waals surface area contributed by atoms with Gasteiger partial charge in [0, 0.05) is 12.4 Å². The minimum atomic E-state index is -3.76. The lowest BCUT2D eigenvalue weighted by atomic mass is 10.2. The van der Waals surface area contributed by atoms with Gasteiger partial charge in [0.25, 0.3) is 0 Å². The van der Waals surface area contributed by atoms with Crippen LogP contribution < -0.4 is 5.32 Å². The second kappa shape index (κ2) is 6.64. The number of nitrogens with zero attached hydrogens (tertiary/aromatic N) is 2. The van der Waals surface area contributed by atoms with E-state index in [-0.39, 0.29) is 28.7 Å². The highest BCUT2D eigenvalue weighted by Gasteiger charge is 2.24. The van der Waals surface area contributed by atoms with Crippen LogP contribution in [0.5, 0.6) is 0 Å². The summed E-state index contributed by atoms with van der Waals surface area (Å²) < 4.78 is 40.4. The van der Waals surface area contributed by atoms with Crippen molar-refractivity contribution in [3.63, 3.8) is 0 Å². The van der Waals surface area contributed by atoms with E-state index in [1.54, 1.807) is 30.3 Å². The maximum atomic E-state index is 13.6. The Labute approximate surface area is 144 Å². The molecule has 1 N–H and O–H groups in total. The van der Waals surface area contributed by atoms with E-state index in [0.29, 0.717) is 10.9 Å². The molecule has 1 heterocycles. The van der Waals surface area contributed by atoms with Gasteiger partial charge in [0.15, 0.2) is 5.03 Å². The van der Waals surface area contributed by atoms with Crippen LogP contribution in [0.3, 0.4) is 0 Å². The lowest BCUT2D eigenvalue weighted by Crippen LogP contribution is -2.24. The number of hydrogen-bond donors (Lipinski definition) is 1. The average Bonchev–Trinajstić information content (AvgIpc) is 2.94. The molecule has 0 saturated heterocycles. The zero-order valence-corrected chi connectivity index (χ0v) is 14.3. The molecule has 0 aliphatic heterocycles. The van der Waals surface area contributed by atoms with E-state index >= 15 is 0 Å². The minimum absolute atomic E-state index is 0.157. The van der Waals surface area contributed by atoms with Crippen LogP contribution in [0.25, 0.3) is 10.9 Å². The van der Waals surface area contributed by atoms with Crippen LogP contribution in [-0.4, -0.2) is 31.2 Å². The summed E-state index contributed by atoms with van der Waals surface area (Å²) in [6, 6.07) is 12.4. The number of carbonyl (C=O) groups is 1. The van der Waals surface area contributed by atoms with Crippen LogP contribution in [0.4, 0.5) is 4.39 Å². The first-order valence-corrected chi connectivity index (χ1v) is 9.19. The van der Waals surface area contributed by atoms with Crippen molar-refractivity contribution in [2.75, 3.05) is 7.05 Å². The van der Waals surface area contributed by atoms with Crippen molar-refractivity contribution >= 4 is 26.6 Å². The molecule has 0 aliphatic rings. The monoisotopic (exact) mass is 361 g/mol. The van der Waals surface area contributed by atoms with Crippen molar-refractivity contribution in [3.05, 3.63) is 59.9 Å². The van der Waals surface area contributed by atoms with Gasteiger partial charge in [0.05, 0.1) is 11.3 Å². The van der Waals surface area contributed by atoms with E-state index in [2.05, 4.69) is 10.4 Å². The van der Waals surface area contributed by atoms with Crippen molar-refractivity contribution in [1.82, 2.24) is 15.1 Å². The quantitative estimate of drug-likeness (QED) is 0.753. The summed E-state index contributed by atoms with van der Waals surface area (Å²) in [7, 11) is -2.30. The predicted octanol–water partition coefficient (Wildman–Crippen LogP) is 1.90. The van der Waals surface area contributed by atoms with Crippen molar-refractivity contribution in [2.24, 2.45) is 0 Å². The van der Waals surface area contributed by atoms with Gasteiger partial charge in [-0.2, -0.15) is 5.10 Å². The summed E-state index contributed by atoms with van der Waals surface area (Å²) in [5.41, 5.74) is 0.883. The number of carbonyl (C=O) groups excluding carboxylic acids is 1. The average molecular weight is 361 g/mol. The molecule has 1 amide bonds. The van der Waals surface area contributed by atoms with Crippen LogP contribution in [-0.2, 0) is 26.9 Å². The first kappa shape index (κ1) is 17.1. The third-order valence-electron chi connectivity index (χ3n) is 3.75. The SMILES string of the molecule is CNC(=O)Cn1nc(S(=O)(=O)Cc2ccccc2)c2ccc(F)cc21. The highest BCUT2D eigenvalue weighted by molar-refractivity contribution is 7.90. The van der Waals surface area contributed by atoms with E-state index in [4.69, 9.17) is 0 Å². The number of sulfone groups is 1. The fourth-order valence-electron chi connectivity index (χ4n) is 2.54. The van der Waals surface area contributed by atoms with Gasteiger partial charge in [-0.3, -0.25) is 9.48 Å². The normalized spacial score (nSPS) is 11.6. The molecule has 0 aliphatic carbocycles. The fraction of sp³-hybridized carbons (Fsp3) is 0.176. The number of hydrogen-bond acceptors (Lipinski definition) is 4. The van der Waals surface area contributed by atoms with Crippen LogP contribution in [0.2, 0.25) is 0 Å². The van der Waals surface area contributed by atoms with Crippen molar-refractivity contribution < 1.29 is 17.6 Å². The number of benzene rings is 2. The molecule has 0 unspecified atom stereocenters. The number of amides is 1. The molecular formula is C17H16FN3O3S. The Morgan fingerprint density at radius 2 is 1.92 bits per heavy atom. The summed E-state index contributed by atoms with van der Waals surface area (Å²) in [5.74, 6) is -1.12. The van der Waals surface area contributed by atoms with Crippen LogP contribution in [0.1, 0.15) is 5.56 Å². The first-order chi connectivity index (χ1) is 11.9. The smallest absolute Gasteiger partial charge is 0.241 e. The van der Waals surface area contributed by atoms with E-state index in [1.165, 1.54) is 29.9 Å². The molecule has 0 radical (unpaired) electrons. The first-order valence-electron chi connectivity index (χ1n) is 7.54. The summed E-state index contributed by atoms with van der Waals surface area (Å²) in [6.07, 6.45) is 0. The highest BCUT2D eigenvalue weighted by atomic mass is 32.2. The molecular weight excluding hydrogens is 345 g/mol. The second-order valence-electron chi connectivity index (χ2n) is 5.54. The molecule has 2 aromatic carbocycles. The highest BCUT2D eigenvalue weighted by Crippen LogP contribution is 2.26. The van der Waals surface area contributed by atoms with E-state index in [9.17, 15) is 17.6 Å². The molecule has 0 spiro atoms. The number of likely N-dealkylation sites (N-methyl/N-ethyl adjacent to an activating group) is 1. The van der Waals surface area contributed by atoms with Gasteiger partial charge in [-0.1, -0.05) is 30.3 Å². The number of fused-ring (bicyclic) bond motifs is 1. The summed E-state index contributed by atoms with van der Waals surface area (Å²) in [6.45, 7) is -0.197. The number of halogens is 1. The second-order valence-corrected chi connectivity index (χ2v) is 7.45. The largest absolute Gasteiger partial charge is 0.358 e. The van der Waals surface area contributed by atoms with Crippen LogP contribution in [0, 0.1) is 5.82 Å². The van der Waals surface area contributed by atoms with Gasteiger partial charge in [-0.15, -0.1) is 0 Å². The zero-order valence-electron chi connectivity index (χ0n) is 13.4. The standard InChI is InChI=1S/C17H16FN3O3S/c1-19-16(22)10-21-15-9-13(18)7-8-14(15)17(20-21)25(23,24)11-12-5-3-2-4-6-12/h2-9H,10-11H2,1H3,(H,19,22). The summed E-state index contributed by atoms with van der Waals surface area (Å²) in [4.78, 5) is 11.6. The van der Waals surface area contributed by atoms with E-state index < -0.39 is 15.7 Å². The van der Waals surface area contributed by atoms with Gasteiger partial charge >= 0.3 is 0 Å². The molecule has 0 saturated carbocycles. The number of aromatic nitrogens is 2. The topological polar surface area (TPSA) is 81.1 Å². The molecule has 1 aromatic heterocycles. The zero-order chi connectivity index (χ0) is 18.0. The predicted molar refractivity (Wildman–Crippen MR) is 91.1 cm³/mol. The molecule has 3 aromatic rings. The lowest BCUT2D eigenvalue weighted by Gasteiger charge is -2.02. The molecule has 3 rings (SSSR count). The third kappa shape index (κ3) is 3.53. The molecule has 25 heavy (non-hydrogen) atoms. The van der Waals surface area contributed by atoms with E-state index in [1.807, 2.05) is 0 Å². The van der Waals surface area contributed by atoms with E-state index in [0.717, 1.165) is 0 Å². The van der Waals surface area contributed by atoms with Gasteiger partial charge in [0.1, 0.15) is 12.4 Å². The molecule has 0 bridgehead atoms. The van der Waals surface area contributed by atoms with Gasteiger partial charge in [-0.25, -0.2) is 12.8 Å². The molecule has 6 nitrogen and oxygen atoms in total. The Morgan fingerprint density at radius 1 is 1.20 bits per heavy atom. The Bertz CT molecular complexity index is 1030. The van der Waals surface area contributed by atoms with Gasteiger partial charge < -0.3 is 5.32 Å². The minimum Gasteiger partial charge on any atom is -0.358 e. The number of nitrogens with one attached hydrogen (secondary N) is 1. The van der Waals surface area contributed by atoms with Gasteiger partial charge in [0.2, 0.25) is 15.7 Å². The van der Waals surface area contributed by atoms with Gasteiger partial charge in [-0.05, 0) is 23.8 Å². The Morgan fingerprint density at radius 3 is 2.60 bits per heavy atom. The van der Waals surface area contributed by atoms with Crippen LogP contribution in [0.15, 0.2) is 53.6 Å². The third-order valence-corrected chi connectivity index (χ3v) is 5.35. The Balaban J connectivity index is 2.11. The molecule has 130 valence electrons. The molecule has 0 fully saturated rings. The Kier molecular flexibility index (Phi) is 4.54. The van der Waals surface area contributed by atoms with Crippen molar-refractivity contribution in [3.8, 4) is 0 Å². The number of rotatable bonds is 5. The molecule has 8 heteroatoms. The lowest BCUT2D eigenvalue weighted by molar-refractivity contribution is -0.121. The maximum Gasteiger partial charge on any atom is 0.241 e. The summed E-state index contributed by atoms with van der Waals surface area (Å²) in [5, 5.41) is 6.66. The summed E-state index contributed by atoms with van der Waals surface area (Å²) >= 11 is 0. The van der Waals surface area contributed by atoms with Crippen LogP contribution >= 0.6 is 0 Å². The maximum absolute atomic E-state index is 13.6. The van der Waals surface area contributed by atoms with Crippen molar-refractivity contribution in [2.45, 2.75) is 17.3 Å². The molecule has 0 atom stereocenters. The van der Waals surface area contributed by atoms with Crippen molar-refractivity contribution in [1.29, 1.82) is 0 Å².